The van der Waals surface area contributed by atoms with Gasteiger partial charge in [0.2, 0.25) is 0 Å². The highest BCUT2D eigenvalue weighted by Gasteiger charge is 2.22. The van der Waals surface area contributed by atoms with Gasteiger partial charge in [-0.1, -0.05) is 60.7 Å². The van der Waals surface area contributed by atoms with Gasteiger partial charge in [0.05, 0.1) is 16.6 Å². The number of para-hydroxylation sites is 2. The molecule has 178 valence electrons. The molecule has 1 aliphatic rings. The van der Waals surface area contributed by atoms with Gasteiger partial charge in [-0.25, -0.2) is 9.78 Å². The number of carbonyl (C=O) groups is 2. The van der Waals surface area contributed by atoms with Gasteiger partial charge in [0, 0.05) is 31.2 Å². The summed E-state index contributed by atoms with van der Waals surface area (Å²) in [5, 5.41) is 3.01. The average molecular weight is 469 g/mol. The van der Waals surface area contributed by atoms with E-state index < -0.39 is 5.97 Å². The fraction of sp³-hybridized carbons (Fsp3) is 0.250. The summed E-state index contributed by atoms with van der Waals surface area (Å²) in [5.41, 5.74) is 4.01. The van der Waals surface area contributed by atoms with Crippen molar-refractivity contribution in [2.75, 3.05) is 19.7 Å². The van der Waals surface area contributed by atoms with Crippen molar-refractivity contribution in [1.82, 2.24) is 20.2 Å². The van der Waals surface area contributed by atoms with E-state index in [0.29, 0.717) is 17.0 Å². The molecule has 0 aliphatic carbocycles. The summed E-state index contributed by atoms with van der Waals surface area (Å²) in [6, 6.07) is 25.3. The van der Waals surface area contributed by atoms with E-state index in [1.807, 2.05) is 42.5 Å². The Labute approximate surface area is 204 Å². The second-order valence-electron chi connectivity index (χ2n) is 8.83. The smallest absolute Gasteiger partial charge is 0.339 e. The zero-order valence-electron chi connectivity index (χ0n) is 19.4. The van der Waals surface area contributed by atoms with E-state index in [9.17, 15) is 9.59 Å². The second-order valence-corrected chi connectivity index (χ2v) is 8.83. The number of H-pyrrole nitrogens is 1. The molecule has 0 unspecified atom stereocenters. The van der Waals surface area contributed by atoms with Crippen molar-refractivity contribution in [2.45, 2.75) is 25.4 Å². The quantitative estimate of drug-likeness (QED) is 0.398. The Bertz CT molecular complexity index is 1280. The molecule has 35 heavy (non-hydrogen) atoms. The fourth-order valence-corrected chi connectivity index (χ4v) is 4.50. The van der Waals surface area contributed by atoms with Crippen LogP contribution in [0.15, 0.2) is 78.9 Å². The molecule has 0 radical (unpaired) electrons. The monoisotopic (exact) mass is 468 g/mol. The molecule has 0 bridgehead atoms. The molecular weight excluding hydrogens is 440 g/mol. The highest BCUT2D eigenvalue weighted by atomic mass is 16.5. The number of carbonyl (C=O) groups excluding carboxylic acids is 2. The van der Waals surface area contributed by atoms with Gasteiger partial charge in [-0.2, -0.15) is 0 Å². The highest BCUT2D eigenvalue weighted by Crippen LogP contribution is 2.24. The second kappa shape index (κ2) is 10.5. The Morgan fingerprint density at radius 2 is 1.66 bits per heavy atom. The van der Waals surface area contributed by atoms with Crippen molar-refractivity contribution >= 4 is 22.9 Å². The Morgan fingerprint density at radius 3 is 2.46 bits per heavy atom. The number of nitrogens with zero attached hydrogens (tertiary/aromatic N) is 2. The number of aromatic nitrogens is 2. The number of aromatic amines is 1. The van der Waals surface area contributed by atoms with E-state index in [-0.39, 0.29) is 18.6 Å². The molecule has 1 saturated heterocycles. The molecule has 0 spiro atoms. The number of piperidine rings is 1. The Morgan fingerprint density at radius 1 is 0.943 bits per heavy atom. The molecule has 2 N–H and O–H groups in total. The number of esters is 1. The fourth-order valence-electron chi connectivity index (χ4n) is 4.50. The molecule has 4 aromatic rings. The normalized spacial score (nSPS) is 14.6. The minimum Gasteiger partial charge on any atom is -0.452 e. The van der Waals surface area contributed by atoms with Gasteiger partial charge in [-0.3, -0.25) is 9.69 Å². The maximum absolute atomic E-state index is 12.8. The van der Waals surface area contributed by atoms with Crippen molar-refractivity contribution < 1.29 is 14.3 Å². The zero-order chi connectivity index (χ0) is 24.0. The van der Waals surface area contributed by atoms with Crippen molar-refractivity contribution in [3.8, 4) is 11.4 Å². The Kier molecular flexibility index (Phi) is 6.86. The van der Waals surface area contributed by atoms with Crippen LogP contribution in [-0.4, -0.2) is 52.5 Å². The highest BCUT2D eigenvalue weighted by molar-refractivity contribution is 5.98. The lowest BCUT2D eigenvalue weighted by Crippen LogP contribution is -2.45. The van der Waals surface area contributed by atoms with E-state index >= 15 is 0 Å². The van der Waals surface area contributed by atoms with Crippen LogP contribution in [0.4, 0.5) is 0 Å². The molecule has 7 heteroatoms. The molecule has 2 heterocycles. The third-order valence-corrected chi connectivity index (χ3v) is 6.33. The molecule has 0 atom stereocenters. The first-order valence-corrected chi connectivity index (χ1v) is 11.9. The minimum atomic E-state index is -0.547. The van der Waals surface area contributed by atoms with Gasteiger partial charge in [0.1, 0.15) is 5.82 Å². The van der Waals surface area contributed by atoms with E-state index in [0.717, 1.165) is 43.5 Å². The van der Waals surface area contributed by atoms with Crippen LogP contribution in [0.25, 0.3) is 22.4 Å². The summed E-state index contributed by atoms with van der Waals surface area (Å²) in [7, 11) is 0. The topological polar surface area (TPSA) is 87.3 Å². The van der Waals surface area contributed by atoms with Crippen molar-refractivity contribution in [3.63, 3.8) is 0 Å². The summed E-state index contributed by atoms with van der Waals surface area (Å²) in [5.74, 6) is -0.236. The predicted molar refractivity (Wildman–Crippen MR) is 135 cm³/mol. The largest absolute Gasteiger partial charge is 0.452 e. The lowest BCUT2D eigenvalue weighted by molar-refractivity contribution is -0.125. The molecular formula is C28H28N4O3. The van der Waals surface area contributed by atoms with Crippen LogP contribution in [0.3, 0.4) is 0 Å². The molecule has 0 saturated carbocycles. The maximum Gasteiger partial charge on any atom is 0.339 e. The van der Waals surface area contributed by atoms with Gasteiger partial charge in [-0.05, 0) is 36.6 Å². The number of benzene rings is 3. The molecule has 5 rings (SSSR count). The summed E-state index contributed by atoms with van der Waals surface area (Å²) < 4.78 is 5.36. The van der Waals surface area contributed by atoms with E-state index in [4.69, 9.17) is 4.74 Å². The number of ether oxygens (including phenoxy) is 1. The molecule has 1 aromatic heterocycles. The summed E-state index contributed by atoms with van der Waals surface area (Å²) in [6.45, 7) is 2.45. The average Bonchev–Trinajstić information content (AvgIpc) is 3.33. The van der Waals surface area contributed by atoms with Gasteiger partial charge in [0.15, 0.2) is 6.61 Å². The third kappa shape index (κ3) is 5.58. The molecule has 1 amide bonds. The zero-order valence-corrected chi connectivity index (χ0v) is 19.4. The lowest BCUT2D eigenvalue weighted by Gasteiger charge is -2.32. The van der Waals surface area contributed by atoms with Crippen LogP contribution in [0.5, 0.6) is 0 Å². The van der Waals surface area contributed by atoms with Crippen LogP contribution < -0.4 is 5.32 Å². The van der Waals surface area contributed by atoms with E-state index in [1.54, 1.807) is 12.1 Å². The van der Waals surface area contributed by atoms with Crippen LogP contribution in [-0.2, 0) is 16.1 Å². The van der Waals surface area contributed by atoms with Crippen molar-refractivity contribution in [2.24, 2.45) is 0 Å². The molecule has 3 aromatic carbocycles. The number of nitrogens with one attached hydrogen (secondary N) is 2. The molecule has 7 nitrogen and oxygen atoms in total. The van der Waals surface area contributed by atoms with Crippen LogP contribution in [0.2, 0.25) is 0 Å². The van der Waals surface area contributed by atoms with Gasteiger partial charge in [0.25, 0.3) is 5.91 Å². The number of hydrogen-bond donors (Lipinski definition) is 2. The maximum atomic E-state index is 12.8. The van der Waals surface area contributed by atoms with Gasteiger partial charge >= 0.3 is 5.97 Å². The number of fused-ring (bicyclic) bond motifs is 1. The standard InChI is InChI=1S/C28H28N4O3/c33-26(29-21-14-16-32(17-15-21)18-20-8-2-1-3-9-20)19-35-28(34)23-11-5-4-10-22(23)27-30-24-12-6-7-13-25(24)31-27/h1-13,21H,14-19H2,(H,29,33)(H,30,31). The van der Waals surface area contributed by atoms with Crippen LogP contribution in [0.1, 0.15) is 28.8 Å². The number of amides is 1. The summed E-state index contributed by atoms with van der Waals surface area (Å²) >= 11 is 0. The summed E-state index contributed by atoms with van der Waals surface area (Å²) in [4.78, 5) is 35.5. The number of rotatable bonds is 7. The Hall–Kier alpha value is -3.97. The third-order valence-electron chi connectivity index (χ3n) is 6.33. The number of imidazole rings is 1. The number of hydrogen-bond acceptors (Lipinski definition) is 5. The van der Waals surface area contributed by atoms with Crippen molar-refractivity contribution in [3.05, 3.63) is 90.0 Å². The SMILES string of the molecule is O=C(COC(=O)c1ccccc1-c1nc2ccccc2[nH]1)NC1CCN(Cc2ccccc2)CC1. The van der Waals surface area contributed by atoms with Gasteiger partial charge in [-0.15, -0.1) is 0 Å². The van der Waals surface area contributed by atoms with Crippen LogP contribution >= 0.6 is 0 Å². The van der Waals surface area contributed by atoms with E-state index in [2.05, 4.69) is 44.5 Å². The summed E-state index contributed by atoms with van der Waals surface area (Å²) in [6.07, 6.45) is 1.75. The van der Waals surface area contributed by atoms with Crippen LogP contribution in [0, 0.1) is 0 Å². The molecule has 1 fully saturated rings. The van der Waals surface area contributed by atoms with Gasteiger partial charge < -0.3 is 15.0 Å². The first kappa shape index (κ1) is 22.8. The number of likely N-dealkylation sites (tertiary alicyclic amines) is 1. The van der Waals surface area contributed by atoms with Crippen molar-refractivity contribution in [1.29, 1.82) is 0 Å². The first-order valence-electron chi connectivity index (χ1n) is 11.9. The molecule has 1 aliphatic heterocycles. The predicted octanol–water partition coefficient (Wildman–Crippen LogP) is 4.17. The Balaban J connectivity index is 1.13. The first-order chi connectivity index (χ1) is 17.2. The lowest BCUT2D eigenvalue weighted by atomic mass is 10.0. The van der Waals surface area contributed by atoms with E-state index in [1.165, 1.54) is 5.56 Å². The minimum absolute atomic E-state index is 0.0936.